The maximum atomic E-state index is 12.8. The highest BCUT2D eigenvalue weighted by molar-refractivity contribution is 7.92. The summed E-state index contributed by atoms with van der Waals surface area (Å²) in [6.07, 6.45) is -2.78. The van der Waals surface area contributed by atoms with Crippen LogP contribution >= 0.6 is 11.3 Å². The predicted octanol–water partition coefficient (Wildman–Crippen LogP) is 5.37. The Morgan fingerprint density at radius 2 is 2.03 bits per heavy atom. The first-order chi connectivity index (χ1) is 16.8. The van der Waals surface area contributed by atoms with E-state index in [9.17, 15) is 26.4 Å². The van der Waals surface area contributed by atoms with Crippen molar-refractivity contribution in [3.05, 3.63) is 22.7 Å². The van der Waals surface area contributed by atoms with Crippen LogP contribution in [0.15, 0.2) is 22.4 Å². The van der Waals surface area contributed by atoms with Gasteiger partial charge in [0.05, 0.1) is 12.3 Å². The normalized spacial score (nSPS) is 16.4. The van der Waals surface area contributed by atoms with Crippen molar-refractivity contribution in [2.75, 3.05) is 22.0 Å². The van der Waals surface area contributed by atoms with E-state index in [2.05, 4.69) is 25.3 Å². The SMILES string of the molecule is CCCOC(=O)c1nnc(N=Nc2cc3c(cc2NS(=O)(=O)CC(F)(F)F)N(C(C)C)C(C)CC3)s1. The van der Waals surface area contributed by atoms with Crippen LogP contribution in [0.3, 0.4) is 0 Å². The van der Waals surface area contributed by atoms with Gasteiger partial charge in [0.25, 0.3) is 5.13 Å². The van der Waals surface area contributed by atoms with E-state index in [1.54, 1.807) is 6.07 Å². The molecule has 0 radical (unpaired) electrons. The van der Waals surface area contributed by atoms with Crippen LogP contribution in [-0.2, 0) is 21.2 Å². The molecule has 0 saturated carbocycles. The molecule has 198 valence electrons. The second kappa shape index (κ2) is 11.1. The lowest BCUT2D eigenvalue weighted by molar-refractivity contribution is -0.106. The summed E-state index contributed by atoms with van der Waals surface area (Å²) in [5.41, 5.74) is 1.44. The number of halogens is 3. The molecule has 2 heterocycles. The average molecular weight is 549 g/mol. The third-order valence-corrected chi connectivity index (χ3v) is 7.25. The van der Waals surface area contributed by atoms with E-state index < -0.39 is 27.9 Å². The summed E-state index contributed by atoms with van der Waals surface area (Å²) in [6.45, 7) is 8.05. The molecule has 1 aliphatic rings. The van der Waals surface area contributed by atoms with Crippen LogP contribution < -0.4 is 9.62 Å². The lowest BCUT2D eigenvalue weighted by Gasteiger charge is -2.40. The minimum atomic E-state index is -4.92. The molecule has 1 aromatic carbocycles. The number of nitrogens with zero attached hydrogens (tertiary/aromatic N) is 5. The van der Waals surface area contributed by atoms with Gasteiger partial charge in [-0.05, 0) is 57.7 Å². The number of rotatable bonds is 9. The zero-order chi connectivity index (χ0) is 26.7. The fraction of sp³-hybridized carbons (Fsp3) is 0.571. The third kappa shape index (κ3) is 7.12. The second-order valence-corrected chi connectivity index (χ2v) is 11.3. The van der Waals surface area contributed by atoms with E-state index in [1.807, 2.05) is 32.4 Å². The number of ether oxygens (including phenoxy) is 1. The molecule has 1 unspecified atom stereocenters. The molecule has 0 fully saturated rings. The van der Waals surface area contributed by atoms with Gasteiger partial charge in [-0.3, -0.25) is 4.72 Å². The van der Waals surface area contributed by atoms with Crippen molar-refractivity contribution in [1.29, 1.82) is 0 Å². The molecule has 1 aliphatic heterocycles. The van der Waals surface area contributed by atoms with Crippen LogP contribution in [0, 0.1) is 0 Å². The molecule has 0 bridgehead atoms. The van der Waals surface area contributed by atoms with Crippen molar-refractivity contribution in [2.45, 2.75) is 65.2 Å². The number of azo groups is 1. The molecular weight excluding hydrogens is 521 g/mol. The van der Waals surface area contributed by atoms with Crippen molar-refractivity contribution < 1.29 is 31.1 Å². The van der Waals surface area contributed by atoms with Gasteiger partial charge in [0.2, 0.25) is 15.0 Å². The minimum absolute atomic E-state index is 0.00213. The van der Waals surface area contributed by atoms with Gasteiger partial charge >= 0.3 is 12.1 Å². The van der Waals surface area contributed by atoms with Gasteiger partial charge < -0.3 is 9.64 Å². The number of hydrogen-bond donors (Lipinski definition) is 1. The molecule has 10 nitrogen and oxygen atoms in total. The monoisotopic (exact) mass is 548 g/mol. The van der Waals surface area contributed by atoms with Gasteiger partial charge in [0.1, 0.15) is 5.69 Å². The first-order valence-electron chi connectivity index (χ1n) is 11.2. The number of nitrogens with one attached hydrogen (secondary N) is 1. The quantitative estimate of drug-likeness (QED) is 0.330. The maximum Gasteiger partial charge on any atom is 0.404 e. The predicted molar refractivity (Wildman–Crippen MR) is 130 cm³/mol. The number of hydrogen-bond acceptors (Lipinski definition) is 10. The number of carbonyl (C=O) groups excluding carboxylic acids is 1. The molecule has 1 N–H and O–H groups in total. The van der Waals surface area contributed by atoms with Gasteiger partial charge in [0, 0.05) is 17.8 Å². The fourth-order valence-corrected chi connectivity index (χ4v) is 5.43. The zero-order valence-corrected chi connectivity index (χ0v) is 21.8. The Bertz CT molecular complexity index is 1230. The first-order valence-corrected chi connectivity index (χ1v) is 13.7. The summed E-state index contributed by atoms with van der Waals surface area (Å²) in [7, 11) is -4.77. The summed E-state index contributed by atoms with van der Waals surface area (Å²) < 4.78 is 70.1. The highest BCUT2D eigenvalue weighted by Crippen LogP contribution is 2.41. The first kappa shape index (κ1) is 27.8. The summed E-state index contributed by atoms with van der Waals surface area (Å²) in [5.74, 6) is -2.70. The molecule has 0 spiro atoms. The van der Waals surface area contributed by atoms with E-state index in [-0.39, 0.29) is 40.2 Å². The molecule has 3 rings (SSSR count). The Morgan fingerprint density at radius 3 is 2.67 bits per heavy atom. The Hall–Kier alpha value is -2.81. The van der Waals surface area contributed by atoms with Crippen LogP contribution in [-0.4, -0.2) is 55.2 Å². The largest absolute Gasteiger partial charge is 0.460 e. The molecule has 1 aromatic heterocycles. The minimum Gasteiger partial charge on any atom is -0.460 e. The summed E-state index contributed by atoms with van der Waals surface area (Å²) in [4.78, 5) is 14.0. The number of sulfonamides is 1. The van der Waals surface area contributed by atoms with E-state index >= 15 is 0 Å². The van der Waals surface area contributed by atoms with Crippen LogP contribution in [0.4, 0.5) is 35.4 Å². The number of fused-ring (bicyclic) bond motifs is 1. The Balaban J connectivity index is 1.99. The molecule has 0 amide bonds. The van der Waals surface area contributed by atoms with Crippen LogP contribution in [0.1, 0.15) is 55.9 Å². The van der Waals surface area contributed by atoms with Gasteiger partial charge in [-0.1, -0.05) is 18.3 Å². The molecule has 0 saturated heterocycles. The van der Waals surface area contributed by atoms with Crippen LogP contribution in [0.25, 0.3) is 0 Å². The van der Waals surface area contributed by atoms with Gasteiger partial charge in [0.15, 0.2) is 5.75 Å². The van der Waals surface area contributed by atoms with E-state index in [4.69, 9.17) is 4.74 Å². The van der Waals surface area contributed by atoms with Gasteiger partial charge in [-0.15, -0.1) is 20.4 Å². The lowest BCUT2D eigenvalue weighted by Crippen LogP contribution is -2.42. The Kier molecular flexibility index (Phi) is 8.54. The Labute approximate surface area is 211 Å². The summed E-state index contributed by atoms with van der Waals surface area (Å²) in [5, 5.41) is 15.4. The fourth-order valence-electron chi connectivity index (χ4n) is 3.86. The number of esters is 1. The molecule has 1 atom stereocenters. The number of aromatic nitrogens is 2. The van der Waals surface area contributed by atoms with Crippen molar-refractivity contribution >= 4 is 49.5 Å². The molecule has 15 heteroatoms. The molecule has 0 aliphatic carbocycles. The highest BCUT2D eigenvalue weighted by atomic mass is 32.2. The van der Waals surface area contributed by atoms with Crippen molar-refractivity contribution in [2.24, 2.45) is 10.2 Å². The average Bonchev–Trinajstić information content (AvgIpc) is 3.23. The number of alkyl halides is 3. The number of aryl methyl sites for hydroxylation is 1. The van der Waals surface area contributed by atoms with Gasteiger partial charge in [-0.25, -0.2) is 13.2 Å². The highest BCUT2D eigenvalue weighted by Gasteiger charge is 2.36. The topological polar surface area (TPSA) is 126 Å². The van der Waals surface area contributed by atoms with Crippen molar-refractivity contribution in [3.8, 4) is 0 Å². The number of carbonyl (C=O) groups is 1. The standard InChI is InChI=1S/C21H27F3N6O4S2/c1-5-8-34-19(31)18-26-28-20(35-18)27-25-15-9-14-7-6-13(4)30(12(2)3)17(14)10-16(15)29-36(32,33)11-21(22,23)24/h9-10,12-13,29H,5-8,11H2,1-4H3. The van der Waals surface area contributed by atoms with Gasteiger partial charge in [-0.2, -0.15) is 13.2 Å². The zero-order valence-electron chi connectivity index (χ0n) is 20.2. The summed E-state index contributed by atoms with van der Waals surface area (Å²) >= 11 is 0.818. The number of anilines is 2. The molecule has 2 aromatic rings. The van der Waals surface area contributed by atoms with E-state index in [1.165, 1.54) is 6.07 Å². The maximum absolute atomic E-state index is 12.8. The van der Waals surface area contributed by atoms with Crippen LogP contribution in [0.2, 0.25) is 0 Å². The van der Waals surface area contributed by atoms with Crippen LogP contribution in [0.5, 0.6) is 0 Å². The lowest BCUT2D eigenvalue weighted by atomic mass is 9.94. The van der Waals surface area contributed by atoms with E-state index in [0.29, 0.717) is 18.5 Å². The number of benzene rings is 1. The summed E-state index contributed by atoms with van der Waals surface area (Å²) in [6, 6.07) is 3.31. The smallest absolute Gasteiger partial charge is 0.404 e. The van der Waals surface area contributed by atoms with Crippen molar-refractivity contribution in [3.63, 3.8) is 0 Å². The third-order valence-electron chi connectivity index (χ3n) is 5.23. The Morgan fingerprint density at radius 1 is 1.31 bits per heavy atom. The molecule has 36 heavy (non-hydrogen) atoms. The molecular formula is C21H27F3N6O4S2. The van der Waals surface area contributed by atoms with E-state index in [0.717, 1.165) is 23.3 Å². The second-order valence-electron chi connectivity index (χ2n) is 8.59. The van der Waals surface area contributed by atoms with Crippen molar-refractivity contribution in [1.82, 2.24) is 10.2 Å².